The minimum absolute atomic E-state index is 0.0119. The van der Waals surface area contributed by atoms with Crippen molar-refractivity contribution in [2.75, 3.05) is 0 Å². The molecule has 0 aliphatic carbocycles. The van der Waals surface area contributed by atoms with Crippen LogP contribution in [0.3, 0.4) is 0 Å². The summed E-state index contributed by atoms with van der Waals surface area (Å²) >= 11 is 2.58. The molecule has 134 valence electrons. The molecule has 0 N–H and O–H groups in total. The lowest BCUT2D eigenvalue weighted by atomic mass is 10.3. The molecule has 2 aromatic heterocycles. The minimum Gasteiger partial charge on any atom is -0.312 e. The van der Waals surface area contributed by atoms with Gasteiger partial charge in [-0.2, -0.15) is 4.99 Å². The monoisotopic (exact) mass is 396 g/mol. The highest BCUT2D eigenvalue weighted by Crippen LogP contribution is 2.24. The van der Waals surface area contributed by atoms with E-state index in [-0.39, 0.29) is 5.69 Å². The second-order valence-corrected chi connectivity index (χ2v) is 7.64. The summed E-state index contributed by atoms with van der Waals surface area (Å²) in [4.78, 5) is 32.3. The Morgan fingerprint density at radius 1 is 1.26 bits per heavy atom. The number of thiazole rings is 2. The van der Waals surface area contributed by atoms with Crippen LogP contribution in [0, 0.1) is 10.1 Å². The summed E-state index contributed by atoms with van der Waals surface area (Å²) in [6.07, 6.45) is 1.66. The van der Waals surface area contributed by atoms with E-state index in [0.29, 0.717) is 21.9 Å². The molecule has 0 saturated carbocycles. The summed E-state index contributed by atoms with van der Waals surface area (Å²) in [5.41, 5.74) is 1.39. The molecule has 0 aliphatic heterocycles. The summed E-state index contributed by atoms with van der Waals surface area (Å²) in [5, 5.41) is 11.4. The number of rotatable bonds is 4. The lowest BCUT2D eigenvalue weighted by Crippen LogP contribution is -2.16. The third-order valence-electron chi connectivity index (χ3n) is 3.86. The summed E-state index contributed by atoms with van der Waals surface area (Å²) in [5.74, 6) is -0.435. The molecule has 0 unspecified atom stereocenters. The van der Waals surface area contributed by atoms with Gasteiger partial charge in [0.1, 0.15) is 0 Å². The normalized spacial score (nSPS) is 11.9. The van der Waals surface area contributed by atoms with Crippen molar-refractivity contribution in [3.63, 3.8) is 0 Å². The Hall–Kier alpha value is -3.17. The Morgan fingerprint density at radius 2 is 2.07 bits per heavy atom. The average Bonchev–Trinajstić information content (AvgIpc) is 3.23. The molecule has 2 aromatic carbocycles. The highest BCUT2D eigenvalue weighted by molar-refractivity contribution is 7.20. The molecule has 4 rings (SSSR count). The van der Waals surface area contributed by atoms with Crippen LogP contribution in [0.1, 0.15) is 9.80 Å². The topological polar surface area (TPSA) is 90.4 Å². The molecular formula is C18H12N4O3S2. The number of hydrogen-bond acceptors (Lipinski definition) is 6. The maximum absolute atomic E-state index is 12.6. The van der Waals surface area contributed by atoms with Crippen molar-refractivity contribution in [3.8, 4) is 0 Å². The van der Waals surface area contributed by atoms with Crippen LogP contribution in [-0.2, 0) is 6.54 Å². The summed E-state index contributed by atoms with van der Waals surface area (Å²) in [6.45, 7) is 4.10. The number of carbonyl (C=O) groups is 1. The SMILES string of the molecule is C=CCn1c(=NC(=O)c2nc3ccccc3s2)sc2ccc([N+](=O)[O-])cc21. The molecule has 7 nitrogen and oxygen atoms in total. The standard InChI is InChI=1S/C18H12N4O3S2/c1-2-9-21-13-10-11(22(24)25)7-8-15(13)27-18(21)20-16(23)17-19-12-5-3-4-6-14(12)26-17/h2-8,10H,1,9H2. The van der Waals surface area contributed by atoms with E-state index in [9.17, 15) is 14.9 Å². The second kappa shape index (κ2) is 6.86. The maximum Gasteiger partial charge on any atom is 0.308 e. The largest absolute Gasteiger partial charge is 0.312 e. The van der Waals surface area contributed by atoms with Gasteiger partial charge in [-0.05, 0) is 18.2 Å². The van der Waals surface area contributed by atoms with Crippen molar-refractivity contribution >= 4 is 54.7 Å². The van der Waals surface area contributed by atoms with Gasteiger partial charge in [0.05, 0.1) is 25.4 Å². The number of nitrogens with zero attached hydrogens (tertiary/aromatic N) is 4. The smallest absolute Gasteiger partial charge is 0.308 e. The number of allylic oxidation sites excluding steroid dienone is 1. The van der Waals surface area contributed by atoms with E-state index >= 15 is 0 Å². The van der Waals surface area contributed by atoms with E-state index in [0.717, 1.165) is 14.9 Å². The Balaban J connectivity index is 1.85. The Bertz CT molecular complexity index is 1250. The molecule has 0 spiro atoms. The lowest BCUT2D eigenvalue weighted by molar-refractivity contribution is -0.384. The van der Waals surface area contributed by atoms with Crippen LogP contribution in [0.2, 0.25) is 0 Å². The number of benzene rings is 2. The van der Waals surface area contributed by atoms with E-state index in [1.165, 1.54) is 34.8 Å². The van der Waals surface area contributed by atoms with Crippen molar-refractivity contribution in [2.45, 2.75) is 6.54 Å². The summed E-state index contributed by atoms with van der Waals surface area (Å²) < 4.78 is 3.46. The quantitative estimate of drug-likeness (QED) is 0.294. The van der Waals surface area contributed by atoms with Crippen LogP contribution >= 0.6 is 22.7 Å². The molecular weight excluding hydrogens is 384 g/mol. The molecule has 27 heavy (non-hydrogen) atoms. The fourth-order valence-electron chi connectivity index (χ4n) is 2.66. The van der Waals surface area contributed by atoms with Crippen LogP contribution in [0.4, 0.5) is 5.69 Å². The van der Waals surface area contributed by atoms with E-state index < -0.39 is 10.8 Å². The Morgan fingerprint density at radius 3 is 2.81 bits per heavy atom. The molecule has 0 saturated heterocycles. The van der Waals surface area contributed by atoms with Crippen molar-refractivity contribution in [2.24, 2.45) is 4.99 Å². The molecule has 1 amide bonds. The van der Waals surface area contributed by atoms with Crippen LogP contribution in [-0.4, -0.2) is 20.4 Å². The number of carbonyl (C=O) groups excluding carboxylic acids is 1. The first-order valence-electron chi connectivity index (χ1n) is 7.90. The zero-order valence-corrected chi connectivity index (χ0v) is 15.5. The number of para-hydroxylation sites is 1. The first-order chi connectivity index (χ1) is 13.1. The maximum atomic E-state index is 12.6. The molecule has 0 radical (unpaired) electrons. The highest BCUT2D eigenvalue weighted by Gasteiger charge is 2.15. The third-order valence-corrected chi connectivity index (χ3v) is 5.95. The number of aromatic nitrogens is 2. The van der Waals surface area contributed by atoms with Gasteiger partial charge in [-0.15, -0.1) is 17.9 Å². The molecule has 0 fully saturated rings. The fraction of sp³-hybridized carbons (Fsp3) is 0.0556. The van der Waals surface area contributed by atoms with Crippen LogP contribution in [0.15, 0.2) is 60.1 Å². The van der Waals surface area contributed by atoms with E-state index in [4.69, 9.17) is 0 Å². The first kappa shape index (κ1) is 17.3. The first-order valence-corrected chi connectivity index (χ1v) is 9.53. The Kier molecular flexibility index (Phi) is 4.38. The van der Waals surface area contributed by atoms with Gasteiger partial charge < -0.3 is 4.57 Å². The number of amides is 1. The zero-order chi connectivity index (χ0) is 19.0. The van der Waals surface area contributed by atoms with Gasteiger partial charge in [0.15, 0.2) is 9.81 Å². The third kappa shape index (κ3) is 3.18. The summed E-state index contributed by atoms with van der Waals surface area (Å²) in [7, 11) is 0. The van der Waals surface area contributed by atoms with Crippen molar-refractivity contribution in [1.29, 1.82) is 0 Å². The average molecular weight is 396 g/mol. The minimum atomic E-state index is -0.446. The zero-order valence-electron chi connectivity index (χ0n) is 13.9. The number of nitro benzene ring substituents is 1. The molecule has 0 bridgehead atoms. The lowest BCUT2D eigenvalue weighted by Gasteiger charge is -2.00. The molecule has 2 heterocycles. The second-order valence-electron chi connectivity index (χ2n) is 5.60. The number of fused-ring (bicyclic) bond motifs is 2. The van der Waals surface area contributed by atoms with Gasteiger partial charge in [-0.3, -0.25) is 14.9 Å². The molecule has 4 aromatic rings. The molecule has 9 heteroatoms. The van der Waals surface area contributed by atoms with Gasteiger partial charge >= 0.3 is 5.91 Å². The van der Waals surface area contributed by atoms with Gasteiger partial charge in [0, 0.05) is 18.7 Å². The van der Waals surface area contributed by atoms with Crippen LogP contribution in [0.25, 0.3) is 20.4 Å². The number of hydrogen-bond donors (Lipinski definition) is 0. The molecule has 0 aliphatic rings. The van der Waals surface area contributed by atoms with E-state index in [1.54, 1.807) is 16.7 Å². The fourth-order valence-corrected chi connectivity index (χ4v) is 4.53. The predicted octanol–water partition coefficient (Wildman–Crippen LogP) is 4.15. The number of non-ortho nitro benzene ring substituents is 1. The van der Waals surface area contributed by atoms with Crippen molar-refractivity contribution in [3.05, 3.63) is 75.0 Å². The van der Waals surface area contributed by atoms with Crippen molar-refractivity contribution in [1.82, 2.24) is 9.55 Å². The van der Waals surface area contributed by atoms with Gasteiger partial charge in [-0.25, -0.2) is 4.98 Å². The van der Waals surface area contributed by atoms with Gasteiger partial charge in [0.25, 0.3) is 5.69 Å². The van der Waals surface area contributed by atoms with Gasteiger partial charge in [-0.1, -0.05) is 29.5 Å². The van der Waals surface area contributed by atoms with Crippen molar-refractivity contribution < 1.29 is 9.72 Å². The summed E-state index contributed by atoms with van der Waals surface area (Å²) in [6, 6.07) is 12.1. The van der Waals surface area contributed by atoms with Gasteiger partial charge in [0.2, 0.25) is 0 Å². The molecule has 0 atom stereocenters. The Labute approximate surface area is 160 Å². The van der Waals surface area contributed by atoms with Crippen LogP contribution in [0.5, 0.6) is 0 Å². The number of nitro groups is 1. The van der Waals surface area contributed by atoms with Crippen LogP contribution < -0.4 is 4.80 Å². The van der Waals surface area contributed by atoms with E-state index in [1.807, 2.05) is 24.3 Å². The van der Waals surface area contributed by atoms with E-state index in [2.05, 4.69) is 16.6 Å². The highest BCUT2D eigenvalue weighted by atomic mass is 32.1. The predicted molar refractivity (Wildman–Crippen MR) is 106 cm³/mol.